The average molecular weight is 387 g/mol. The van der Waals surface area contributed by atoms with Gasteiger partial charge in [-0.2, -0.15) is 6.04 Å². The van der Waals surface area contributed by atoms with Crippen molar-refractivity contribution in [1.29, 1.82) is 0 Å². The molecule has 1 aromatic carbocycles. The normalized spacial score (nSPS) is 18.5. The van der Waals surface area contributed by atoms with Gasteiger partial charge in [0.2, 0.25) is 10.0 Å². The number of sulfonamides is 1. The van der Waals surface area contributed by atoms with Crippen LogP contribution in [0.15, 0.2) is 29.2 Å². The van der Waals surface area contributed by atoms with Gasteiger partial charge in [0, 0.05) is 0 Å². The minimum Gasteiger partial charge on any atom is -0.462 e. The summed E-state index contributed by atoms with van der Waals surface area (Å²) in [7, 11) is -3.93. The van der Waals surface area contributed by atoms with Gasteiger partial charge in [-0.3, -0.25) is 4.79 Å². The molecule has 1 saturated heterocycles. The topological polar surface area (TPSA) is 68.6 Å². The summed E-state index contributed by atoms with van der Waals surface area (Å²) in [6, 6.07) is 5.34. The monoisotopic (exact) mass is 386 g/mol. The van der Waals surface area contributed by atoms with Crippen molar-refractivity contribution in [2.75, 3.05) is 6.54 Å². The number of urea groups is 1. The van der Waals surface area contributed by atoms with Crippen molar-refractivity contribution < 1.29 is 33.6 Å². The molecule has 2 rings (SSSR count). The van der Waals surface area contributed by atoms with Gasteiger partial charge in [0.05, 0.1) is 4.90 Å². The van der Waals surface area contributed by atoms with Crippen LogP contribution in [0.4, 0.5) is 4.79 Å². The maximum Gasteiger partial charge on any atom is 2.00 e. The number of hydrogen-bond donors (Lipinski definition) is 0. The quantitative estimate of drug-likeness (QED) is 0.579. The van der Waals surface area contributed by atoms with Crippen LogP contribution in [0.25, 0.3) is 4.72 Å². The molecule has 1 aromatic rings. The van der Waals surface area contributed by atoms with Crippen molar-refractivity contribution >= 4 is 16.1 Å². The first-order valence-electron chi connectivity index (χ1n) is 6.08. The van der Waals surface area contributed by atoms with E-state index in [4.69, 9.17) is 0 Å². The Morgan fingerprint density at radius 3 is 2.45 bits per heavy atom. The number of aryl methyl sites for hydroxylation is 1. The number of carbonyl (C=O) groups excluding carboxylic acids is 1. The Labute approximate surface area is 133 Å². The smallest absolute Gasteiger partial charge is 0.462 e. The van der Waals surface area contributed by atoms with Gasteiger partial charge >= 0.3 is 20.4 Å². The zero-order valence-electron chi connectivity index (χ0n) is 11.1. The number of likely N-dealkylation sites (tertiary alicyclic amines) is 1. The third-order valence-electron chi connectivity index (χ3n) is 3.14. The standard InChI is InChI=1S/C13H17N2O3S.Pd/c1-10-5-7-12(8-6-10)19(17,18)14-13(16)15-9-3-4-11(15)2;/h5-8,11H,2-4,9H2,1H3,(H,14,16);/q-1;+2/p-1. The van der Waals surface area contributed by atoms with Gasteiger partial charge in [0.1, 0.15) is 0 Å². The number of carbonyl (C=O) groups is 1. The predicted octanol–water partition coefficient (Wildman–Crippen LogP) is 2.47. The molecule has 112 valence electrons. The Kier molecular flexibility index (Phi) is 5.75. The molecule has 1 fully saturated rings. The first-order valence-corrected chi connectivity index (χ1v) is 7.52. The van der Waals surface area contributed by atoms with E-state index in [9.17, 15) is 13.2 Å². The second kappa shape index (κ2) is 6.70. The molecule has 0 saturated carbocycles. The molecule has 7 heteroatoms. The molecule has 1 aliphatic heterocycles. The van der Waals surface area contributed by atoms with Gasteiger partial charge in [-0.15, -0.1) is 0 Å². The van der Waals surface area contributed by atoms with Gasteiger partial charge in [0.25, 0.3) is 0 Å². The molecule has 0 bridgehead atoms. The maximum absolute atomic E-state index is 12.0. The molecule has 0 radical (unpaired) electrons. The summed E-state index contributed by atoms with van der Waals surface area (Å²) in [6.45, 7) is 6.18. The van der Waals surface area contributed by atoms with E-state index in [0.29, 0.717) is 6.54 Å². The Morgan fingerprint density at radius 1 is 1.35 bits per heavy atom. The van der Waals surface area contributed by atoms with E-state index in [0.717, 1.165) is 18.4 Å². The molecule has 0 N–H and O–H groups in total. The molecule has 1 aliphatic rings. The molecule has 0 spiro atoms. The Balaban J connectivity index is 0.00000200. The second-order valence-corrected chi connectivity index (χ2v) is 6.26. The number of rotatable bonds is 2. The van der Waals surface area contributed by atoms with Gasteiger partial charge in [-0.1, -0.05) is 30.5 Å². The average Bonchev–Trinajstić information content (AvgIpc) is 2.75. The van der Waals surface area contributed by atoms with E-state index in [1.54, 1.807) is 12.1 Å². The Morgan fingerprint density at radius 2 is 1.95 bits per heavy atom. The van der Waals surface area contributed by atoms with Crippen LogP contribution in [0.2, 0.25) is 0 Å². The van der Waals surface area contributed by atoms with Crippen LogP contribution in [0, 0.1) is 13.8 Å². The summed E-state index contributed by atoms with van der Waals surface area (Å²) in [5.74, 6) is 0. The number of amides is 2. The summed E-state index contributed by atoms with van der Waals surface area (Å²) in [5.41, 5.74) is 0.947. The van der Waals surface area contributed by atoms with Gasteiger partial charge in [0.15, 0.2) is 6.03 Å². The number of nitrogens with zero attached hydrogens (tertiary/aromatic N) is 2. The van der Waals surface area contributed by atoms with Crippen LogP contribution < -0.4 is 0 Å². The summed E-state index contributed by atoms with van der Waals surface area (Å²) >= 11 is 0. The summed E-state index contributed by atoms with van der Waals surface area (Å²) in [6.07, 6.45) is 1.62. The molecule has 2 amide bonds. The fourth-order valence-electron chi connectivity index (χ4n) is 2.01. The van der Waals surface area contributed by atoms with E-state index in [2.05, 4.69) is 11.6 Å². The fraction of sp³-hybridized carbons (Fsp3) is 0.385. The first-order chi connectivity index (χ1) is 8.90. The summed E-state index contributed by atoms with van der Waals surface area (Å²) in [5, 5.41) is 0. The third-order valence-corrected chi connectivity index (χ3v) is 4.40. The second-order valence-electron chi connectivity index (χ2n) is 4.65. The molecule has 1 heterocycles. The largest absolute Gasteiger partial charge is 2.00 e. The molecular formula is C13H16N2O3PdS. The number of benzene rings is 1. The Hall–Kier alpha value is -0.898. The summed E-state index contributed by atoms with van der Waals surface area (Å²) in [4.78, 5) is 13.3. The van der Waals surface area contributed by atoms with Crippen LogP contribution in [-0.4, -0.2) is 31.9 Å². The van der Waals surface area contributed by atoms with Gasteiger partial charge in [-0.05, 0) is 25.6 Å². The molecule has 1 unspecified atom stereocenters. The molecular weight excluding hydrogens is 371 g/mol. The first kappa shape index (κ1) is 17.2. The van der Waals surface area contributed by atoms with Crippen LogP contribution in [-0.2, 0) is 30.4 Å². The minimum absolute atomic E-state index is 0. The van der Waals surface area contributed by atoms with Crippen LogP contribution in [0.3, 0.4) is 0 Å². The summed E-state index contributed by atoms with van der Waals surface area (Å²) < 4.78 is 27.3. The van der Waals surface area contributed by atoms with Crippen LogP contribution >= 0.6 is 0 Å². The predicted molar refractivity (Wildman–Crippen MR) is 72.2 cm³/mol. The SMILES string of the molecule is [CH2-]C1CCCN1C(=O)[N-]S(=O)(=O)c1ccc(C)cc1.[Pd+2]. The van der Waals surface area contributed by atoms with E-state index in [-0.39, 0.29) is 31.4 Å². The van der Waals surface area contributed by atoms with Crippen molar-refractivity contribution in [2.24, 2.45) is 0 Å². The van der Waals surface area contributed by atoms with Crippen LogP contribution in [0.5, 0.6) is 0 Å². The minimum atomic E-state index is -3.93. The molecule has 20 heavy (non-hydrogen) atoms. The van der Waals surface area contributed by atoms with Crippen molar-refractivity contribution in [3.63, 3.8) is 0 Å². The zero-order valence-corrected chi connectivity index (χ0v) is 13.4. The molecule has 0 aliphatic carbocycles. The number of hydrogen-bond acceptors (Lipinski definition) is 3. The maximum atomic E-state index is 12.0. The van der Waals surface area contributed by atoms with E-state index in [1.165, 1.54) is 17.0 Å². The van der Waals surface area contributed by atoms with E-state index >= 15 is 0 Å². The Bertz CT molecular complexity index is 572. The van der Waals surface area contributed by atoms with Crippen molar-refractivity contribution in [2.45, 2.75) is 30.7 Å². The molecule has 1 atom stereocenters. The zero-order chi connectivity index (χ0) is 14.0. The van der Waals surface area contributed by atoms with Gasteiger partial charge in [-0.25, -0.2) is 8.42 Å². The van der Waals surface area contributed by atoms with E-state index in [1.807, 2.05) is 6.92 Å². The van der Waals surface area contributed by atoms with Crippen molar-refractivity contribution in [3.05, 3.63) is 41.5 Å². The van der Waals surface area contributed by atoms with E-state index < -0.39 is 16.1 Å². The molecule has 0 aromatic heterocycles. The van der Waals surface area contributed by atoms with Gasteiger partial charge < -0.3 is 16.5 Å². The fourth-order valence-corrected chi connectivity index (χ4v) is 2.90. The van der Waals surface area contributed by atoms with Crippen LogP contribution in [0.1, 0.15) is 18.4 Å². The van der Waals surface area contributed by atoms with Crippen molar-refractivity contribution in [1.82, 2.24) is 4.90 Å². The molecule has 5 nitrogen and oxygen atoms in total. The van der Waals surface area contributed by atoms with Crippen molar-refractivity contribution in [3.8, 4) is 0 Å². The third kappa shape index (κ3) is 3.81.